The molecular formula is C47H72F3N3O. The zero-order valence-corrected chi connectivity index (χ0v) is 35.0. The van der Waals surface area contributed by atoms with Gasteiger partial charge in [-0.1, -0.05) is 97.4 Å². The maximum atomic E-state index is 15.7. The SMILES string of the molecule is C=C(/C=C(\N=CC)C(C)(F)F)C1=C(NC(=C)/C(CCC2=CCC(CCCCCCCCCO)C=C2F)=C(\C)C2(N(C)C)CCCC2)C=CC(C(C)(C)C)C1. The predicted molar refractivity (Wildman–Crippen MR) is 224 cm³/mol. The second-order valence-electron chi connectivity index (χ2n) is 17.3. The number of allylic oxidation sites excluding steroid dienone is 11. The maximum Gasteiger partial charge on any atom is 0.286 e. The molecule has 0 amide bonds. The molecule has 3 rings (SSSR count). The lowest BCUT2D eigenvalue weighted by Crippen LogP contribution is -2.43. The molecule has 2 N–H and O–H groups in total. The van der Waals surface area contributed by atoms with E-state index in [1.54, 1.807) is 6.92 Å². The zero-order chi connectivity index (χ0) is 40.1. The molecule has 0 spiro atoms. The summed E-state index contributed by atoms with van der Waals surface area (Å²) in [7, 11) is 4.30. The number of nitrogens with one attached hydrogen (secondary N) is 1. The van der Waals surface area contributed by atoms with Gasteiger partial charge < -0.3 is 10.4 Å². The first-order chi connectivity index (χ1) is 25.4. The minimum absolute atomic E-state index is 0.0409. The lowest BCUT2D eigenvalue weighted by molar-refractivity contribution is 0.0622. The lowest BCUT2D eigenvalue weighted by atomic mass is 9.73. The van der Waals surface area contributed by atoms with E-state index >= 15 is 4.39 Å². The van der Waals surface area contributed by atoms with Crippen LogP contribution in [0.4, 0.5) is 13.2 Å². The largest absolute Gasteiger partial charge is 0.396 e. The van der Waals surface area contributed by atoms with Crippen LogP contribution in [-0.4, -0.2) is 48.4 Å². The van der Waals surface area contributed by atoms with E-state index in [0.717, 1.165) is 92.8 Å². The second-order valence-corrected chi connectivity index (χ2v) is 17.3. The van der Waals surface area contributed by atoms with Crippen LogP contribution < -0.4 is 5.32 Å². The molecule has 0 aromatic carbocycles. The highest BCUT2D eigenvalue weighted by Gasteiger charge is 2.39. The van der Waals surface area contributed by atoms with E-state index in [1.165, 1.54) is 43.5 Å². The van der Waals surface area contributed by atoms with Crippen molar-refractivity contribution in [3.63, 3.8) is 0 Å². The van der Waals surface area contributed by atoms with Gasteiger partial charge in [-0.2, -0.15) is 8.78 Å². The normalized spacial score (nSPS) is 21.5. The van der Waals surface area contributed by atoms with Gasteiger partial charge >= 0.3 is 0 Å². The van der Waals surface area contributed by atoms with Crippen molar-refractivity contribution < 1.29 is 18.3 Å². The lowest BCUT2D eigenvalue weighted by Gasteiger charge is -2.40. The Kier molecular flexibility index (Phi) is 17.6. The van der Waals surface area contributed by atoms with Gasteiger partial charge in [0.15, 0.2) is 0 Å². The molecule has 0 heterocycles. The molecular weight excluding hydrogens is 680 g/mol. The Morgan fingerprint density at radius 1 is 1.04 bits per heavy atom. The molecule has 2 unspecified atom stereocenters. The number of aliphatic hydroxyl groups excluding tert-OH is 1. The first kappa shape index (κ1) is 45.5. The summed E-state index contributed by atoms with van der Waals surface area (Å²) in [5.74, 6) is -2.79. The number of rotatable bonds is 21. The number of halogens is 3. The standard InChI is InChI=1S/C47H72F3N3O/c1-11-51-44(46(8,49)50)31-34(2)41-33-39(45(5,6)7)25-27-43(41)52-36(4)40(35(3)47(53(9)10)28-18-19-29-47)26-24-38-23-22-37(32-42(38)48)21-17-15-13-12-14-16-20-30-54/h11,23,25,27,31-32,37,39,52,54H,2,4,12-22,24,26,28-30,33H2,1,3,5-10H3/b40-35+,44-31-,51-11?. The fourth-order valence-corrected chi connectivity index (χ4v) is 8.45. The van der Waals surface area contributed by atoms with Crippen LogP contribution in [0.1, 0.15) is 144 Å². The van der Waals surface area contributed by atoms with Crippen molar-refractivity contribution in [2.45, 2.75) is 156 Å². The average Bonchev–Trinajstić information content (AvgIpc) is 3.61. The third kappa shape index (κ3) is 12.8. The highest BCUT2D eigenvalue weighted by Crippen LogP contribution is 2.44. The fourth-order valence-electron chi connectivity index (χ4n) is 8.45. The molecule has 2 atom stereocenters. The summed E-state index contributed by atoms with van der Waals surface area (Å²) in [6, 6.07) is 0. The Hall–Kier alpha value is -2.90. The molecule has 0 radical (unpaired) electrons. The van der Waals surface area contributed by atoms with Gasteiger partial charge in [-0.25, -0.2) is 4.39 Å². The third-order valence-corrected chi connectivity index (χ3v) is 12.1. The molecule has 4 nitrogen and oxygen atoms in total. The van der Waals surface area contributed by atoms with Gasteiger partial charge in [-0.05, 0) is 143 Å². The number of hydrogen-bond acceptors (Lipinski definition) is 4. The summed E-state index contributed by atoms with van der Waals surface area (Å²) >= 11 is 0. The second kappa shape index (κ2) is 20.9. The molecule has 0 aromatic rings. The molecule has 7 heteroatoms. The van der Waals surface area contributed by atoms with Crippen molar-refractivity contribution in [3.8, 4) is 0 Å². The van der Waals surface area contributed by atoms with Crippen LogP contribution in [0.5, 0.6) is 0 Å². The highest BCUT2D eigenvalue weighted by atomic mass is 19.3. The minimum Gasteiger partial charge on any atom is -0.396 e. The summed E-state index contributed by atoms with van der Waals surface area (Å²) in [6.45, 7) is 20.5. The van der Waals surface area contributed by atoms with E-state index in [9.17, 15) is 8.78 Å². The molecule has 1 fully saturated rings. The number of alkyl halides is 2. The third-order valence-electron chi connectivity index (χ3n) is 12.1. The van der Waals surface area contributed by atoms with Gasteiger partial charge in [0.2, 0.25) is 0 Å². The number of aliphatic hydroxyl groups is 1. The van der Waals surface area contributed by atoms with E-state index in [-0.39, 0.29) is 40.9 Å². The van der Waals surface area contributed by atoms with E-state index in [4.69, 9.17) is 5.11 Å². The van der Waals surface area contributed by atoms with E-state index in [2.05, 4.69) is 88.4 Å². The first-order valence-electron chi connectivity index (χ1n) is 20.7. The zero-order valence-electron chi connectivity index (χ0n) is 35.0. The molecule has 0 bridgehead atoms. The molecule has 302 valence electrons. The molecule has 0 aromatic heterocycles. The molecule has 0 saturated heterocycles. The predicted octanol–water partition coefficient (Wildman–Crippen LogP) is 13.0. The Labute approximate surface area is 326 Å². The Morgan fingerprint density at radius 3 is 2.22 bits per heavy atom. The summed E-state index contributed by atoms with van der Waals surface area (Å²) in [5, 5.41) is 12.6. The number of unbranched alkanes of at least 4 members (excludes halogenated alkanes) is 6. The summed E-state index contributed by atoms with van der Waals surface area (Å²) in [5.41, 5.74) is 5.57. The van der Waals surface area contributed by atoms with Crippen LogP contribution in [0.3, 0.4) is 0 Å². The summed E-state index contributed by atoms with van der Waals surface area (Å²) in [4.78, 5) is 6.35. The molecule has 54 heavy (non-hydrogen) atoms. The van der Waals surface area contributed by atoms with Gasteiger partial charge in [0.25, 0.3) is 5.92 Å². The van der Waals surface area contributed by atoms with Crippen LogP contribution in [0.2, 0.25) is 0 Å². The van der Waals surface area contributed by atoms with Crippen LogP contribution in [0.25, 0.3) is 0 Å². The van der Waals surface area contributed by atoms with Crippen molar-refractivity contribution in [3.05, 3.63) is 94.3 Å². The van der Waals surface area contributed by atoms with E-state index in [1.807, 2.05) is 6.08 Å². The van der Waals surface area contributed by atoms with Crippen molar-refractivity contribution >= 4 is 6.21 Å². The molecule has 3 aliphatic rings. The Bertz CT molecular complexity index is 1500. The Morgan fingerprint density at radius 2 is 1.67 bits per heavy atom. The van der Waals surface area contributed by atoms with Crippen LogP contribution in [0.15, 0.2) is 99.3 Å². The van der Waals surface area contributed by atoms with Crippen molar-refractivity contribution in [2.24, 2.45) is 22.2 Å². The summed E-state index contributed by atoms with van der Waals surface area (Å²) < 4.78 is 44.9. The minimum atomic E-state index is -3.12. The number of hydrogen-bond donors (Lipinski definition) is 2. The monoisotopic (exact) mass is 752 g/mol. The van der Waals surface area contributed by atoms with Gasteiger partial charge in [0, 0.05) is 36.7 Å². The van der Waals surface area contributed by atoms with Crippen LogP contribution in [-0.2, 0) is 0 Å². The highest BCUT2D eigenvalue weighted by molar-refractivity contribution is 5.57. The van der Waals surface area contributed by atoms with Crippen LogP contribution in [0, 0.1) is 17.3 Å². The van der Waals surface area contributed by atoms with E-state index in [0.29, 0.717) is 24.8 Å². The maximum absolute atomic E-state index is 15.7. The van der Waals surface area contributed by atoms with Gasteiger partial charge in [0.1, 0.15) is 11.5 Å². The molecule has 3 aliphatic carbocycles. The van der Waals surface area contributed by atoms with Crippen molar-refractivity contribution in [1.82, 2.24) is 10.2 Å². The average molecular weight is 752 g/mol. The number of likely N-dealkylation sites (N-methyl/N-ethyl adjacent to an activating group) is 1. The van der Waals surface area contributed by atoms with Crippen LogP contribution >= 0.6 is 0 Å². The quantitative estimate of drug-likeness (QED) is 0.0697. The number of nitrogens with zero attached hydrogens (tertiary/aromatic N) is 2. The molecule has 1 saturated carbocycles. The first-order valence-corrected chi connectivity index (χ1v) is 20.7. The van der Waals surface area contributed by atoms with E-state index < -0.39 is 5.92 Å². The Balaban J connectivity index is 1.88. The van der Waals surface area contributed by atoms with Crippen molar-refractivity contribution in [1.29, 1.82) is 0 Å². The fraction of sp³-hybridized carbons (Fsp3) is 0.638. The van der Waals surface area contributed by atoms with Gasteiger partial charge in [0.05, 0.1) is 0 Å². The van der Waals surface area contributed by atoms with Gasteiger partial charge in [-0.3, -0.25) is 9.89 Å². The smallest absolute Gasteiger partial charge is 0.286 e. The van der Waals surface area contributed by atoms with Crippen molar-refractivity contribution in [2.75, 3.05) is 20.7 Å². The van der Waals surface area contributed by atoms with Gasteiger partial charge in [-0.15, -0.1) is 0 Å². The topological polar surface area (TPSA) is 47.9 Å². The number of aliphatic imine (C=N–C) groups is 1. The summed E-state index contributed by atoms with van der Waals surface area (Å²) in [6.07, 6.45) is 27.0. The molecule has 0 aliphatic heterocycles.